The van der Waals surface area contributed by atoms with E-state index < -0.39 is 0 Å². The van der Waals surface area contributed by atoms with Crippen LogP contribution in [0.4, 0.5) is 11.8 Å². The predicted octanol–water partition coefficient (Wildman–Crippen LogP) is 2.02. The minimum absolute atomic E-state index is 0.213. The van der Waals surface area contributed by atoms with Crippen molar-refractivity contribution >= 4 is 27.7 Å². The summed E-state index contributed by atoms with van der Waals surface area (Å²) < 4.78 is 0.909. The van der Waals surface area contributed by atoms with Gasteiger partial charge in [-0.15, -0.1) is 0 Å². The Balaban J connectivity index is 2.22. The van der Waals surface area contributed by atoms with Crippen LogP contribution in [0.15, 0.2) is 10.7 Å². The fourth-order valence-corrected chi connectivity index (χ4v) is 2.50. The first-order valence-electron chi connectivity index (χ1n) is 6.34. The van der Waals surface area contributed by atoms with Crippen molar-refractivity contribution in [2.45, 2.75) is 31.7 Å². The summed E-state index contributed by atoms with van der Waals surface area (Å²) in [5, 5.41) is 12.0. The molecule has 0 radical (unpaired) electrons. The summed E-state index contributed by atoms with van der Waals surface area (Å²) in [4.78, 5) is 11.0. The molecule has 0 amide bonds. The topological polar surface area (TPSA) is 61.3 Å². The SMILES string of the molecule is CNc1ncc(Br)c(N(CCCO)C2CCC2)n1. The van der Waals surface area contributed by atoms with E-state index in [1.807, 2.05) is 7.05 Å². The van der Waals surface area contributed by atoms with Crippen molar-refractivity contribution in [2.75, 3.05) is 30.4 Å². The first-order chi connectivity index (χ1) is 8.76. The van der Waals surface area contributed by atoms with E-state index in [9.17, 15) is 0 Å². The monoisotopic (exact) mass is 314 g/mol. The highest BCUT2D eigenvalue weighted by atomic mass is 79.9. The van der Waals surface area contributed by atoms with E-state index in [1.54, 1.807) is 6.20 Å². The van der Waals surface area contributed by atoms with Crippen molar-refractivity contribution in [1.29, 1.82) is 0 Å². The number of anilines is 2. The summed E-state index contributed by atoms with van der Waals surface area (Å²) in [6.07, 6.45) is 6.23. The average Bonchev–Trinajstić information content (AvgIpc) is 2.33. The molecule has 2 rings (SSSR count). The lowest BCUT2D eigenvalue weighted by Gasteiger charge is -2.38. The van der Waals surface area contributed by atoms with Gasteiger partial charge in [-0.2, -0.15) is 4.98 Å². The molecule has 1 aliphatic rings. The van der Waals surface area contributed by atoms with E-state index in [0.29, 0.717) is 12.0 Å². The number of aromatic nitrogens is 2. The van der Waals surface area contributed by atoms with E-state index >= 15 is 0 Å². The Bertz CT molecular complexity index is 398. The second kappa shape index (κ2) is 6.33. The van der Waals surface area contributed by atoms with Gasteiger partial charge in [0.25, 0.3) is 0 Å². The normalized spacial score (nSPS) is 15.3. The molecule has 0 atom stereocenters. The van der Waals surface area contributed by atoms with Gasteiger partial charge in [-0.05, 0) is 41.6 Å². The Kier molecular flexibility index (Phi) is 4.77. The van der Waals surface area contributed by atoms with Crippen LogP contribution in [-0.2, 0) is 0 Å². The van der Waals surface area contributed by atoms with E-state index in [-0.39, 0.29) is 6.61 Å². The molecule has 0 unspecified atom stereocenters. The summed E-state index contributed by atoms with van der Waals surface area (Å²) in [6.45, 7) is 1.05. The van der Waals surface area contributed by atoms with Crippen molar-refractivity contribution in [3.63, 3.8) is 0 Å². The average molecular weight is 315 g/mol. The van der Waals surface area contributed by atoms with Gasteiger partial charge in [0.15, 0.2) is 0 Å². The fourth-order valence-electron chi connectivity index (χ4n) is 2.08. The molecule has 1 heterocycles. The summed E-state index contributed by atoms with van der Waals surface area (Å²) in [7, 11) is 1.81. The Morgan fingerprint density at radius 2 is 2.33 bits per heavy atom. The fraction of sp³-hybridized carbons (Fsp3) is 0.667. The molecule has 1 fully saturated rings. The molecule has 0 aliphatic heterocycles. The van der Waals surface area contributed by atoms with Crippen molar-refractivity contribution in [3.05, 3.63) is 10.7 Å². The van der Waals surface area contributed by atoms with Gasteiger partial charge in [0.2, 0.25) is 5.95 Å². The Hall–Kier alpha value is -0.880. The highest BCUT2D eigenvalue weighted by Crippen LogP contribution is 2.33. The van der Waals surface area contributed by atoms with Gasteiger partial charge in [-0.1, -0.05) is 0 Å². The van der Waals surface area contributed by atoms with Gasteiger partial charge in [0.1, 0.15) is 5.82 Å². The zero-order chi connectivity index (χ0) is 13.0. The van der Waals surface area contributed by atoms with Crippen LogP contribution in [0, 0.1) is 0 Å². The first-order valence-corrected chi connectivity index (χ1v) is 7.13. The lowest BCUT2D eigenvalue weighted by molar-refractivity contribution is 0.282. The predicted molar refractivity (Wildman–Crippen MR) is 76.0 cm³/mol. The van der Waals surface area contributed by atoms with Gasteiger partial charge in [-0.3, -0.25) is 0 Å². The highest BCUT2D eigenvalue weighted by molar-refractivity contribution is 9.10. The van der Waals surface area contributed by atoms with Crippen LogP contribution in [0.3, 0.4) is 0 Å². The van der Waals surface area contributed by atoms with Crippen LogP contribution in [0.2, 0.25) is 0 Å². The number of nitrogens with zero attached hydrogens (tertiary/aromatic N) is 3. The lowest BCUT2D eigenvalue weighted by Crippen LogP contribution is -2.42. The van der Waals surface area contributed by atoms with Crippen LogP contribution < -0.4 is 10.2 Å². The zero-order valence-corrected chi connectivity index (χ0v) is 12.2. The number of hydrogen-bond acceptors (Lipinski definition) is 5. The molecule has 100 valence electrons. The third-order valence-corrected chi connectivity index (χ3v) is 3.85. The molecule has 5 nitrogen and oxygen atoms in total. The molecular formula is C12H19BrN4O. The van der Waals surface area contributed by atoms with Crippen LogP contribution in [-0.4, -0.2) is 41.3 Å². The van der Waals surface area contributed by atoms with Crippen LogP contribution >= 0.6 is 15.9 Å². The summed E-state index contributed by atoms with van der Waals surface area (Å²) >= 11 is 3.52. The Labute approximate surface area is 116 Å². The molecule has 0 bridgehead atoms. The van der Waals surface area contributed by atoms with E-state index in [4.69, 9.17) is 5.11 Å². The second-order valence-corrected chi connectivity index (χ2v) is 5.32. The summed E-state index contributed by atoms with van der Waals surface area (Å²) in [6, 6.07) is 0.549. The Morgan fingerprint density at radius 3 is 2.89 bits per heavy atom. The van der Waals surface area contributed by atoms with Gasteiger partial charge in [-0.25, -0.2) is 4.98 Å². The van der Waals surface area contributed by atoms with Gasteiger partial charge in [0.05, 0.1) is 4.47 Å². The molecule has 1 saturated carbocycles. The summed E-state index contributed by atoms with van der Waals surface area (Å²) in [5.74, 6) is 1.55. The number of aliphatic hydroxyl groups excluding tert-OH is 1. The van der Waals surface area contributed by atoms with Gasteiger partial charge >= 0.3 is 0 Å². The van der Waals surface area contributed by atoms with Crippen LogP contribution in [0.5, 0.6) is 0 Å². The number of halogens is 1. The number of nitrogens with one attached hydrogen (secondary N) is 1. The third-order valence-electron chi connectivity index (χ3n) is 3.29. The number of hydrogen-bond donors (Lipinski definition) is 2. The van der Waals surface area contributed by atoms with Crippen molar-refractivity contribution in [3.8, 4) is 0 Å². The van der Waals surface area contributed by atoms with Crippen molar-refractivity contribution < 1.29 is 5.11 Å². The van der Waals surface area contributed by atoms with Gasteiger partial charge < -0.3 is 15.3 Å². The molecule has 1 aromatic rings. The molecule has 18 heavy (non-hydrogen) atoms. The molecule has 0 saturated heterocycles. The molecule has 0 spiro atoms. The molecule has 2 N–H and O–H groups in total. The maximum atomic E-state index is 9.02. The maximum absolute atomic E-state index is 9.02. The largest absolute Gasteiger partial charge is 0.396 e. The standard InChI is InChI=1S/C12H19BrN4O/c1-14-12-15-8-10(13)11(16-12)17(6-3-7-18)9-4-2-5-9/h8-9,18H,2-7H2,1H3,(H,14,15,16). The summed E-state index contributed by atoms with van der Waals surface area (Å²) in [5.41, 5.74) is 0. The zero-order valence-electron chi connectivity index (χ0n) is 10.6. The molecule has 1 aliphatic carbocycles. The van der Waals surface area contributed by atoms with E-state index in [1.165, 1.54) is 19.3 Å². The molecule has 6 heteroatoms. The van der Waals surface area contributed by atoms with Gasteiger partial charge in [0, 0.05) is 32.4 Å². The minimum atomic E-state index is 0.213. The number of rotatable bonds is 6. The minimum Gasteiger partial charge on any atom is -0.396 e. The molecule has 0 aromatic carbocycles. The number of aliphatic hydroxyl groups is 1. The third kappa shape index (κ3) is 2.92. The van der Waals surface area contributed by atoms with Crippen molar-refractivity contribution in [1.82, 2.24) is 9.97 Å². The van der Waals surface area contributed by atoms with Crippen molar-refractivity contribution in [2.24, 2.45) is 0 Å². The smallest absolute Gasteiger partial charge is 0.224 e. The molecular weight excluding hydrogens is 296 g/mol. The maximum Gasteiger partial charge on any atom is 0.224 e. The lowest BCUT2D eigenvalue weighted by atomic mass is 9.91. The Morgan fingerprint density at radius 1 is 1.56 bits per heavy atom. The van der Waals surface area contributed by atoms with E-state index in [0.717, 1.165) is 23.3 Å². The van der Waals surface area contributed by atoms with Crippen LogP contribution in [0.25, 0.3) is 0 Å². The van der Waals surface area contributed by atoms with E-state index in [2.05, 4.69) is 36.1 Å². The quantitative estimate of drug-likeness (QED) is 0.841. The highest BCUT2D eigenvalue weighted by Gasteiger charge is 2.27. The molecule has 1 aromatic heterocycles. The van der Waals surface area contributed by atoms with Crippen LogP contribution in [0.1, 0.15) is 25.7 Å². The second-order valence-electron chi connectivity index (χ2n) is 4.47. The first kappa shape index (κ1) is 13.5.